The van der Waals surface area contributed by atoms with E-state index in [4.69, 9.17) is 4.74 Å². The molecule has 1 aliphatic heterocycles. The van der Waals surface area contributed by atoms with Crippen LogP contribution in [-0.2, 0) is 27.3 Å². The van der Waals surface area contributed by atoms with Crippen molar-refractivity contribution in [2.45, 2.75) is 43.7 Å². The summed E-state index contributed by atoms with van der Waals surface area (Å²) < 4.78 is 5.73. The predicted molar refractivity (Wildman–Crippen MR) is 93.8 cm³/mol. The molecule has 4 heteroatoms. The smallest absolute Gasteiger partial charge is 0.307 e. The molecule has 0 saturated carbocycles. The first-order valence-electron chi connectivity index (χ1n) is 8.77. The molecule has 1 N–H and O–H groups in total. The molecular weight excluding hydrogens is 314 g/mol. The number of carbonyl (C=O) groups is 2. The number of benzene rings is 2. The van der Waals surface area contributed by atoms with Crippen molar-refractivity contribution < 1.29 is 14.3 Å². The van der Waals surface area contributed by atoms with Gasteiger partial charge in [-0.25, -0.2) is 0 Å². The quantitative estimate of drug-likeness (QED) is 0.874. The van der Waals surface area contributed by atoms with Gasteiger partial charge >= 0.3 is 5.97 Å². The van der Waals surface area contributed by atoms with E-state index in [1.165, 1.54) is 5.56 Å². The molecule has 0 spiro atoms. The molecule has 1 aliphatic carbocycles. The molecule has 1 heterocycles. The Bertz CT molecular complexity index is 802. The van der Waals surface area contributed by atoms with Crippen molar-refractivity contribution in [2.75, 3.05) is 0 Å². The topological polar surface area (TPSA) is 55.4 Å². The highest BCUT2D eigenvalue weighted by atomic mass is 16.6. The fraction of sp³-hybridized carbons (Fsp3) is 0.333. The minimum atomic E-state index is -0.688. The minimum absolute atomic E-state index is 0.0209. The Hall–Kier alpha value is -2.62. The molecule has 0 radical (unpaired) electrons. The summed E-state index contributed by atoms with van der Waals surface area (Å²) in [5.41, 5.74) is 2.80. The molecule has 1 fully saturated rings. The van der Waals surface area contributed by atoms with E-state index >= 15 is 0 Å². The van der Waals surface area contributed by atoms with E-state index in [1.54, 1.807) is 0 Å². The lowest BCUT2D eigenvalue weighted by Crippen LogP contribution is -2.43. The monoisotopic (exact) mass is 335 g/mol. The van der Waals surface area contributed by atoms with E-state index in [2.05, 4.69) is 17.4 Å². The highest BCUT2D eigenvalue weighted by molar-refractivity contribution is 5.81. The Kier molecular flexibility index (Phi) is 4.04. The van der Waals surface area contributed by atoms with E-state index in [0.29, 0.717) is 19.4 Å². The summed E-state index contributed by atoms with van der Waals surface area (Å²) in [6, 6.07) is 18.0. The molecule has 2 unspecified atom stereocenters. The third-order valence-electron chi connectivity index (χ3n) is 5.36. The molecule has 2 aromatic carbocycles. The number of ether oxygens (including phenoxy) is 1. The molecule has 4 nitrogen and oxygen atoms in total. The van der Waals surface area contributed by atoms with Crippen LogP contribution in [0.15, 0.2) is 54.6 Å². The number of aryl methyl sites for hydroxylation is 1. The molecule has 0 aromatic heterocycles. The average molecular weight is 335 g/mol. The van der Waals surface area contributed by atoms with Crippen molar-refractivity contribution >= 4 is 11.9 Å². The van der Waals surface area contributed by atoms with Gasteiger partial charge in [-0.15, -0.1) is 0 Å². The Morgan fingerprint density at radius 2 is 1.88 bits per heavy atom. The molecule has 128 valence electrons. The van der Waals surface area contributed by atoms with Crippen LogP contribution in [0.4, 0.5) is 0 Å². The van der Waals surface area contributed by atoms with E-state index in [-0.39, 0.29) is 24.2 Å². The number of amides is 1. The fourth-order valence-electron chi connectivity index (χ4n) is 4.14. The van der Waals surface area contributed by atoms with Crippen LogP contribution in [-0.4, -0.2) is 17.5 Å². The largest absolute Gasteiger partial charge is 0.458 e. The van der Waals surface area contributed by atoms with Gasteiger partial charge in [-0.3, -0.25) is 9.59 Å². The standard InChI is InChI=1S/C21H21NO3/c23-19(22-14-15-6-2-1-3-7-15)13-21-11-10-16-8-4-5-9-17(16)18(21)12-20(24)25-21/h1-9,18H,10-14H2,(H,22,23). The maximum absolute atomic E-state index is 12.5. The van der Waals surface area contributed by atoms with Crippen LogP contribution >= 0.6 is 0 Å². The van der Waals surface area contributed by atoms with Crippen molar-refractivity contribution in [3.05, 3.63) is 71.3 Å². The van der Waals surface area contributed by atoms with Crippen LogP contribution in [0, 0.1) is 0 Å². The number of fused-ring (bicyclic) bond motifs is 3. The van der Waals surface area contributed by atoms with Crippen molar-refractivity contribution in [1.29, 1.82) is 0 Å². The number of esters is 1. The van der Waals surface area contributed by atoms with Crippen molar-refractivity contribution in [3.63, 3.8) is 0 Å². The summed E-state index contributed by atoms with van der Waals surface area (Å²) in [6.07, 6.45) is 2.14. The van der Waals surface area contributed by atoms with Crippen LogP contribution in [0.25, 0.3) is 0 Å². The van der Waals surface area contributed by atoms with E-state index in [1.807, 2.05) is 42.5 Å². The SMILES string of the molecule is O=C(CC12CCc3ccccc3C1CC(=O)O2)NCc1ccccc1. The average Bonchev–Trinajstić information content (AvgIpc) is 2.97. The van der Waals surface area contributed by atoms with Gasteiger partial charge in [0.25, 0.3) is 0 Å². The second-order valence-electron chi connectivity index (χ2n) is 6.93. The minimum Gasteiger partial charge on any atom is -0.458 e. The van der Waals surface area contributed by atoms with Crippen LogP contribution in [0.1, 0.15) is 41.9 Å². The van der Waals surface area contributed by atoms with Crippen molar-refractivity contribution in [3.8, 4) is 0 Å². The van der Waals surface area contributed by atoms with Gasteiger partial charge in [-0.2, -0.15) is 0 Å². The Morgan fingerprint density at radius 1 is 1.12 bits per heavy atom. The third-order valence-corrected chi connectivity index (χ3v) is 5.36. The van der Waals surface area contributed by atoms with Gasteiger partial charge in [-0.05, 0) is 29.5 Å². The highest BCUT2D eigenvalue weighted by Gasteiger charge is 2.53. The predicted octanol–water partition coefficient (Wildman–Crippen LogP) is 3.11. The normalized spacial score (nSPS) is 24.2. The Morgan fingerprint density at radius 3 is 2.72 bits per heavy atom. The first-order valence-corrected chi connectivity index (χ1v) is 8.77. The molecule has 0 bridgehead atoms. The molecule has 2 atom stereocenters. The maximum atomic E-state index is 12.5. The number of rotatable bonds is 4. The number of hydrogen-bond donors (Lipinski definition) is 1. The maximum Gasteiger partial charge on any atom is 0.307 e. The molecule has 25 heavy (non-hydrogen) atoms. The number of hydrogen-bond acceptors (Lipinski definition) is 3. The summed E-state index contributed by atoms with van der Waals surface area (Å²) in [5, 5.41) is 2.96. The zero-order valence-electron chi connectivity index (χ0n) is 14.0. The second kappa shape index (κ2) is 6.36. The molecule has 1 amide bonds. The Balaban J connectivity index is 1.50. The highest BCUT2D eigenvalue weighted by Crippen LogP contribution is 2.50. The number of carbonyl (C=O) groups excluding carboxylic acids is 2. The Labute approximate surface area is 147 Å². The summed E-state index contributed by atoms with van der Waals surface area (Å²) in [5.74, 6) is -0.284. The van der Waals surface area contributed by atoms with Crippen LogP contribution in [0.2, 0.25) is 0 Å². The van der Waals surface area contributed by atoms with Gasteiger partial charge in [-0.1, -0.05) is 54.6 Å². The second-order valence-corrected chi connectivity index (χ2v) is 6.93. The van der Waals surface area contributed by atoms with E-state index < -0.39 is 5.60 Å². The van der Waals surface area contributed by atoms with Gasteiger partial charge in [0.2, 0.25) is 5.91 Å². The fourth-order valence-corrected chi connectivity index (χ4v) is 4.14. The van der Waals surface area contributed by atoms with Crippen LogP contribution < -0.4 is 5.32 Å². The van der Waals surface area contributed by atoms with Gasteiger partial charge in [0, 0.05) is 12.5 Å². The molecule has 4 rings (SSSR count). The van der Waals surface area contributed by atoms with Gasteiger partial charge in [0.15, 0.2) is 0 Å². The van der Waals surface area contributed by atoms with Crippen LogP contribution in [0.5, 0.6) is 0 Å². The van der Waals surface area contributed by atoms with Crippen molar-refractivity contribution in [1.82, 2.24) is 5.32 Å². The number of nitrogens with one attached hydrogen (secondary N) is 1. The van der Waals surface area contributed by atoms with E-state index in [0.717, 1.165) is 17.5 Å². The lowest BCUT2D eigenvalue weighted by Gasteiger charge is -2.38. The summed E-state index contributed by atoms with van der Waals surface area (Å²) in [6.45, 7) is 0.491. The lowest BCUT2D eigenvalue weighted by atomic mass is 9.70. The summed E-state index contributed by atoms with van der Waals surface area (Å²) in [4.78, 5) is 24.6. The summed E-state index contributed by atoms with van der Waals surface area (Å²) in [7, 11) is 0. The zero-order chi connectivity index (χ0) is 17.3. The van der Waals surface area contributed by atoms with Gasteiger partial charge < -0.3 is 10.1 Å². The zero-order valence-corrected chi connectivity index (χ0v) is 14.0. The van der Waals surface area contributed by atoms with Gasteiger partial charge in [0.05, 0.1) is 12.8 Å². The molecular formula is C21H21NO3. The van der Waals surface area contributed by atoms with E-state index in [9.17, 15) is 9.59 Å². The lowest BCUT2D eigenvalue weighted by molar-refractivity contribution is -0.152. The third kappa shape index (κ3) is 3.04. The van der Waals surface area contributed by atoms with Crippen molar-refractivity contribution in [2.24, 2.45) is 0 Å². The summed E-state index contributed by atoms with van der Waals surface area (Å²) >= 11 is 0. The van der Waals surface area contributed by atoms with Gasteiger partial charge in [0.1, 0.15) is 5.60 Å². The molecule has 1 saturated heterocycles. The first-order chi connectivity index (χ1) is 12.2. The molecule has 2 aromatic rings. The van der Waals surface area contributed by atoms with Crippen LogP contribution in [0.3, 0.4) is 0 Å². The first kappa shape index (κ1) is 15.9. The molecule has 2 aliphatic rings.